The normalized spacial score (nSPS) is 13.7. The van der Waals surface area contributed by atoms with E-state index in [9.17, 15) is 27.9 Å². The molecule has 1 unspecified atom stereocenters. The van der Waals surface area contributed by atoms with Crippen LogP contribution in [0.25, 0.3) is 11.3 Å². The number of esters is 1. The molecule has 3 aromatic rings. The van der Waals surface area contributed by atoms with Crippen LogP contribution in [0.15, 0.2) is 30.0 Å². The number of aromatic amines is 1. The van der Waals surface area contributed by atoms with Gasteiger partial charge in [0.25, 0.3) is 0 Å². The first kappa shape index (κ1) is 21.5. The zero-order chi connectivity index (χ0) is 22.1. The Morgan fingerprint density at radius 2 is 2.13 bits per heavy atom. The number of aryl methyl sites for hydroxylation is 1. The summed E-state index contributed by atoms with van der Waals surface area (Å²) < 4.78 is 46.2. The van der Waals surface area contributed by atoms with Gasteiger partial charge in [0.2, 0.25) is 11.5 Å². The fourth-order valence-corrected chi connectivity index (χ4v) is 3.44. The first-order valence-electron chi connectivity index (χ1n) is 8.34. The van der Waals surface area contributed by atoms with Crippen LogP contribution in [0.5, 0.6) is 0 Å². The van der Waals surface area contributed by atoms with Crippen LogP contribution in [0.3, 0.4) is 0 Å². The highest BCUT2D eigenvalue weighted by Gasteiger charge is 2.58. The average Bonchev–Trinajstić information content (AvgIpc) is 3.40. The van der Waals surface area contributed by atoms with E-state index in [0.717, 1.165) is 22.1 Å². The number of hydrogen-bond donors (Lipinski definition) is 3. The monoisotopic (exact) mass is 443 g/mol. The molecule has 3 N–H and O–H groups in total. The average molecular weight is 443 g/mol. The van der Waals surface area contributed by atoms with Crippen molar-refractivity contribution in [3.8, 4) is 11.3 Å². The maximum absolute atomic E-state index is 13.5. The Kier molecular flexibility index (Phi) is 5.67. The molecule has 9 nitrogen and oxygen atoms in total. The standard InChI is InChI=1S/C17H16F3N5O4S/c1-25-4-3-21-14(25)16(28,17(18,19)20)6-12(26)24-15-23-11(8-30-15)9-5-10(22-7-9)13(27)29-2/h3-5,7-8,22,28H,6H2,1-2H3,(H,23,24,26). The Morgan fingerprint density at radius 1 is 1.40 bits per heavy atom. The molecule has 1 atom stereocenters. The third-order valence-electron chi connectivity index (χ3n) is 4.21. The van der Waals surface area contributed by atoms with E-state index in [0.29, 0.717) is 11.3 Å². The number of imidazole rings is 1. The molecule has 0 fully saturated rings. The molecule has 0 saturated heterocycles. The van der Waals surface area contributed by atoms with Crippen molar-refractivity contribution in [1.82, 2.24) is 19.5 Å². The molecule has 1 amide bonds. The number of methoxy groups -OCH3 is 1. The number of thiazole rings is 1. The summed E-state index contributed by atoms with van der Waals surface area (Å²) in [6, 6.07) is 1.48. The number of H-pyrrole nitrogens is 1. The highest BCUT2D eigenvalue weighted by Crippen LogP contribution is 2.41. The van der Waals surface area contributed by atoms with Gasteiger partial charge in [0, 0.05) is 36.6 Å². The van der Waals surface area contributed by atoms with Gasteiger partial charge in [-0.05, 0) is 6.07 Å². The molecule has 30 heavy (non-hydrogen) atoms. The Labute approximate surface area is 171 Å². The van der Waals surface area contributed by atoms with Gasteiger partial charge >= 0.3 is 12.1 Å². The molecule has 3 rings (SSSR count). The minimum Gasteiger partial charge on any atom is -0.464 e. The minimum atomic E-state index is -5.13. The number of carbonyl (C=O) groups is 2. The quantitative estimate of drug-likeness (QED) is 0.503. The van der Waals surface area contributed by atoms with Crippen molar-refractivity contribution in [1.29, 1.82) is 0 Å². The zero-order valence-electron chi connectivity index (χ0n) is 15.6. The first-order chi connectivity index (χ1) is 14.0. The largest absolute Gasteiger partial charge is 0.464 e. The molecule has 0 aliphatic carbocycles. The number of carbonyl (C=O) groups excluding carboxylic acids is 2. The second-order valence-corrected chi connectivity index (χ2v) is 7.13. The van der Waals surface area contributed by atoms with Crippen LogP contribution in [0, 0.1) is 0 Å². The van der Waals surface area contributed by atoms with Crippen LogP contribution in [0.1, 0.15) is 22.7 Å². The summed E-state index contributed by atoms with van der Waals surface area (Å²) >= 11 is 0.973. The van der Waals surface area contributed by atoms with E-state index in [1.165, 1.54) is 32.6 Å². The number of aliphatic hydroxyl groups is 1. The molecule has 160 valence electrons. The lowest BCUT2D eigenvalue weighted by Gasteiger charge is -2.29. The van der Waals surface area contributed by atoms with E-state index in [1.807, 2.05) is 0 Å². The summed E-state index contributed by atoms with van der Waals surface area (Å²) in [5, 5.41) is 14.1. The van der Waals surface area contributed by atoms with Crippen molar-refractivity contribution in [2.75, 3.05) is 12.4 Å². The van der Waals surface area contributed by atoms with E-state index in [4.69, 9.17) is 0 Å². The third-order valence-corrected chi connectivity index (χ3v) is 4.97. The molecule has 0 aliphatic rings. The number of nitrogens with zero attached hydrogens (tertiary/aromatic N) is 3. The molecule has 0 aliphatic heterocycles. The molecule has 13 heteroatoms. The molecule has 3 heterocycles. The fourth-order valence-electron chi connectivity index (χ4n) is 2.70. The molecule has 3 aromatic heterocycles. The van der Waals surface area contributed by atoms with Gasteiger partial charge in [-0.3, -0.25) is 4.79 Å². The SMILES string of the molecule is COC(=O)c1cc(-c2csc(NC(=O)CC(O)(c3nccn3C)C(F)(F)F)n2)c[nH]1. The van der Waals surface area contributed by atoms with Crippen molar-refractivity contribution < 1.29 is 32.6 Å². The molecule has 0 spiro atoms. The summed E-state index contributed by atoms with van der Waals surface area (Å²) in [5.41, 5.74) is -2.37. The maximum Gasteiger partial charge on any atom is 0.425 e. The fraction of sp³-hybridized carbons (Fsp3) is 0.294. The second-order valence-electron chi connectivity index (χ2n) is 6.28. The smallest absolute Gasteiger partial charge is 0.425 e. The summed E-state index contributed by atoms with van der Waals surface area (Å²) in [7, 11) is 2.51. The van der Waals surface area contributed by atoms with Crippen molar-refractivity contribution in [3.63, 3.8) is 0 Å². The lowest BCUT2D eigenvalue weighted by atomic mass is 9.97. The van der Waals surface area contributed by atoms with Crippen molar-refractivity contribution in [2.24, 2.45) is 7.05 Å². The molecule has 0 aromatic carbocycles. The van der Waals surface area contributed by atoms with Crippen LogP contribution in [0.2, 0.25) is 0 Å². The molecular formula is C17H16F3N5O4S. The zero-order valence-corrected chi connectivity index (χ0v) is 16.5. The first-order valence-corrected chi connectivity index (χ1v) is 9.22. The van der Waals surface area contributed by atoms with Crippen LogP contribution in [0.4, 0.5) is 18.3 Å². The summed E-state index contributed by atoms with van der Waals surface area (Å²) in [4.78, 5) is 34.1. The number of ether oxygens (including phenoxy) is 1. The van der Waals surface area contributed by atoms with Gasteiger partial charge in [-0.15, -0.1) is 11.3 Å². The van der Waals surface area contributed by atoms with E-state index < -0.39 is 35.9 Å². The number of rotatable bonds is 6. The van der Waals surface area contributed by atoms with Gasteiger partial charge < -0.3 is 24.7 Å². The Balaban J connectivity index is 1.75. The number of aromatic nitrogens is 4. The highest BCUT2D eigenvalue weighted by molar-refractivity contribution is 7.14. The molecule has 0 bridgehead atoms. The van der Waals surface area contributed by atoms with Crippen LogP contribution >= 0.6 is 11.3 Å². The van der Waals surface area contributed by atoms with Gasteiger partial charge in [0.15, 0.2) is 11.0 Å². The third kappa shape index (κ3) is 4.07. The maximum atomic E-state index is 13.5. The Bertz CT molecular complexity index is 1070. The number of hydrogen-bond acceptors (Lipinski definition) is 7. The number of alkyl halides is 3. The van der Waals surface area contributed by atoms with E-state index >= 15 is 0 Å². The molecule has 0 radical (unpaired) electrons. The predicted octanol–water partition coefficient (Wildman–Crippen LogP) is 2.44. The lowest BCUT2D eigenvalue weighted by molar-refractivity contribution is -0.270. The topological polar surface area (TPSA) is 122 Å². The van der Waals surface area contributed by atoms with Gasteiger partial charge in [-0.2, -0.15) is 13.2 Å². The summed E-state index contributed by atoms with van der Waals surface area (Å²) in [5.74, 6) is -2.37. The van der Waals surface area contributed by atoms with Gasteiger partial charge in [0.05, 0.1) is 19.2 Å². The van der Waals surface area contributed by atoms with E-state index in [1.54, 1.807) is 5.38 Å². The number of anilines is 1. The van der Waals surface area contributed by atoms with Crippen LogP contribution in [-0.4, -0.2) is 49.8 Å². The minimum absolute atomic E-state index is 0.0279. The summed E-state index contributed by atoms with van der Waals surface area (Å²) in [6.45, 7) is 0. The van der Waals surface area contributed by atoms with E-state index in [2.05, 4.69) is 25.0 Å². The molecular weight excluding hydrogens is 427 g/mol. The van der Waals surface area contributed by atoms with Crippen molar-refractivity contribution in [3.05, 3.63) is 41.6 Å². The van der Waals surface area contributed by atoms with Crippen molar-refractivity contribution in [2.45, 2.75) is 18.2 Å². The predicted molar refractivity (Wildman–Crippen MR) is 99.6 cm³/mol. The van der Waals surface area contributed by atoms with Crippen LogP contribution in [-0.2, 0) is 22.2 Å². The number of nitrogens with one attached hydrogen (secondary N) is 2. The van der Waals surface area contributed by atoms with Gasteiger partial charge in [-0.25, -0.2) is 14.8 Å². The second kappa shape index (κ2) is 7.91. The molecule has 0 saturated carbocycles. The Morgan fingerprint density at radius 3 is 2.73 bits per heavy atom. The van der Waals surface area contributed by atoms with Gasteiger partial charge in [-0.1, -0.05) is 0 Å². The van der Waals surface area contributed by atoms with E-state index in [-0.39, 0.29) is 10.8 Å². The van der Waals surface area contributed by atoms with Crippen LogP contribution < -0.4 is 5.32 Å². The van der Waals surface area contributed by atoms with Gasteiger partial charge in [0.1, 0.15) is 5.69 Å². The Hall–Kier alpha value is -3.19. The number of halogens is 3. The number of amides is 1. The lowest BCUT2D eigenvalue weighted by Crippen LogP contribution is -2.46. The van der Waals surface area contributed by atoms with Crippen molar-refractivity contribution >= 4 is 28.3 Å². The highest BCUT2D eigenvalue weighted by atomic mass is 32.1. The summed E-state index contributed by atoms with van der Waals surface area (Å²) in [6.07, 6.45) is -2.61.